The van der Waals surface area contributed by atoms with E-state index in [1.54, 1.807) is 6.20 Å². The number of imidazole rings is 2. The Morgan fingerprint density at radius 2 is 1.29 bits per heavy atom. The molecule has 9 heteroatoms. The summed E-state index contributed by atoms with van der Waals surface area (Å²) in [6.45, 7) is 14.1. The molecule has 4 aromatic rings. The molecule has 1 aliphatic heterocycles. The number of benzene rings is 2. The average molecular weight is 465 g/mol. The number of hydrogen-bond donors (Lipinski definition) is 2. The Bertz CT molecular complexity index is 1520. The average Bonchev–Trinajstić information content (AvgIpc) is 3.44. The molecule has 8 bridgehead atoms. The SMILES string of the molecule is [C-]#[N+]c1c(F)c2cc(c1F)C(C)(C)c1cc(c(F)cc1F)-c1ncc([nH]1)C(C)(C)c1cnc-2[nH]1. The molecule has 2 aromatic heterocycles. The lowest BCUT2D eigenvalue weighted by Crippen LogP contribution is -2.23. The Morgan fingerprint density at radius 1 is 0.735 bits per heavy atom. The fraction of sp³-hybridized carbons (Fsp3) is 0.240. The monoisotopic (exact) mass is 465 g/mol. The van der Waals surface area contributed by atoms with Gasteiger partial charge in [0.05, 0.1) is 12.1 Å². The Labute approximate surface area is 192 Å². The van der Waals surface area contributed by atoms with Gasteiger partial charge in [-0.15, -0.1) is 0 Å². The second-order valence-electron chi connectivity index (χ2n) is 9.41. The van der Waals surface area contributed by atoms with Crippen LogP contribution in [0.4, 0.5) is 23.2 Å². The van der Waals surface area contributed by atoms with Crippen molar-refractivity contribution in [1.82, 2.24) is 19.9 Å². The van der Waals surface area contributed by atoms with Crippen LogP contribution < -0.4 is 0 Å². The molecule has 0 spiro atoms. The molecule has 0 radical (unpaired) electrons. The minimum absolute atomic E-state index is 0.00188. The van der Waals surface area contributed by atoms with Crippen LogP contribution in [0.1, 0.15) is 50.2 Å². The van der Waals surface area contributed by atoms with Gasteiger partial charge in [-0.25, -0.2) is 32.4 Å². The largest absolute Gasteiger partial charge is 0.341 e. The number of rotatable bonds is 0. The van der Waals surface area contributed by atoms with Gasteiger partial charge in [-0.1, -0.05) is 13.8 Å². The highest BCUT2D eigenvalue weighted by atomic mass is 19.1. The van der Waals surface area contributed by atoms with Gasteiger partial charge in [0.25, 0.3) is 5.69 Å². The van der Waals surface area contributed by atoms with Crippen molar-refractivity contribution in [3.05, 3.63) is 87.8 Å². The summed E-state index contributed by atoms with van der Waals surface area (Å²) < 4.78 is 60.6. The molecule has 0 fully saturated rings. The normalized spacial score (nSPS) is 15.5. The number of aromatic amines is 2. The molecule has 5 nitrogen and oxygen atoms in total. The Balaban J connectivity index is 1.94. The molecule has 1 aliphatic rings. The molecule has 34 heavy (non-hydrogen) atoms. The summed E-state index contributed by atoms with van der Waals surface area (Å²) in [4.78, 5) is 17.8. The van der Waals surface area contributed by atoms with E-state index in [2.05, 4.69) is 24.8 Å². The zero-order chi connectivity index (χ0) is 24.6. The first-order valence-corrected chi connectivity index (χ1v) is 10.5. The lowest BCUT2D eigenvalue weighted by Gasteiger charge is -2.29. The van der Waals surface area contributed by atoms with Crippen LogP contribution in [-0.4, -0.2) is 19.9 Å². The number of nitrogens with zero attached hydrogens (tertiary/aromatic N) is 3. The van der Waals surface area contributed by atoms with E-state index in [4.69, 9.17) is 6.57 Å². The van der Waals surface area contributed by atoms with E-state index in [0.717, 1.165) is 6.07 Å². The molecule has 2 aromatic carbocycles. The molecule has 3 heterocycles. The highest BCUT2D eigenvalue weighted by Gasteiger charge is 2.36. The third kappa shape index (κ3) is 2.91. The molecule has 0 amide bonds. The minimum atomic E-state index is -1.41. The molecule has 0 atom stereocenters. The van der Waals surface area contributed by atoms with Crippen LogP contribution >= 0.6 is 0 Å². The molecular weight excluding hydrogens is 446 g/mol. The van der Waals surface area contributed by atoms with Crippen LogP contribution in [0.5, 0.6) is 0 Å². The van der Waals surface area contributed by atoms with Crippen LogP contribution in [-0.2, 0) is 10.8 Å². The third-order valence-electron chi connectivity index (χ3n) is 6.70. The topological polar surface area (TPSA) is 61.7 Å². The fourth-order valence-corrected chi connectivity index (χ4v) is 4.40. The zero-order valence-electron chi connectivity index (χ0n) is 18.7. The van der Waals surface area contributed by atoms with Gasteiger partial charge < -0.3 is 9.97 Å². The van der Waals surface area contributed by atoms with Gasteiger partial charge >= 0.3 is 0 Å². The zero-order valence-corrected chi connectivity index (χ0v) is 18.7. The Kier molecular flexibility index (Phi) is 4.53. The van der Waals surface area contributed by atoms with Crippen molar-refractivity contribution in [3.8, 4) is 22.8 Å². The Morgan fingerprint density at radius 3 is 1.88 bits per heavy atom. The van der Waals surface area contributed by atoms with Crippen LogP contribution in [0.2, 0.25) is 0 Å². The molecular formula is C25H19F4N5. The van der Waals surface area contributed by atoms with Gasteiger partial charge in [-0.05, 0) is 37.1 Å². The number of nitrogens with one attached hydrogen (secondary N) is 2. The van der Waals surface area contributed by atoms with Crippen molar-refractivity contribution in [2.45, 2.75) is 38.5 Å². The lowest BCUT2D eigenvalue weighted by atomic mass is 9.76. The summed E-state index contributed by atoms with van der Waals surface area (Å²) in [5.74, 6) is -3.64. The van der Waals surface area contributed by atoms with Gasteiger partial charge in [0, 0.05) is 46.2 Å². The van der Waals surface area contributed by atoms with Gasteiger partial charge in [0.2, 0.25) is 0 Å². The fourth-order valence-electron chi connectivity index (χ4n) is 4.40. The van der Waals surface area contributed by atoms with Gasteiger partial charge in [-0.3, -0.25) is 0 Å². The summed E-state index contributed by atoms with van der Waals surface area (Å²) in [6.07, 6.45) is 3.06. The van der Waals surface area contributed by atoms with Gasteiger partial charge in [0.15, 0.2) is 0 Å². The van der Waals surface area contributed by atoms with Crippen LogP contribution in [0.3, 0.4) is 0 Å². The first kappa shape index (κ1) is 21.9. The van der Waals surface area contributed by atoms with E-state index < -0.39 is 39.8 Å². The van der Waals surface area contributed by atoms with Crippen LogP contribution in [0, 0.1) is 29.8 Å². The molecule has 0 saturated carbocycles. The summed E-state index contributed by atoms with van der Waals surface area (Å²) >= 11 is 0. The predicted molar refractivity (Wildman–Crippen MR) is 118 cm³/mol. The maximum absolute atomic E-state index is 15.4. The van der Waals surface area contributed by atoms with Gasteiger partial charge in [-0.2, -0.15) is 0 Å². The van der Waals surface area contributed by atoms with E-state index in [1.165, 1.54) is 32.2 Å². The molecule has 0 saturated heterocycles. The molecule has 5 rings (SSSR count). The second-order valence-corrected chi connectivity index (χ2v) is 9.41. The third-order valence-corrected chi connectivity index (χ3v) is 6.70. The number of H-pyrrole nitrogens is 2. The number of halogens is 4. The number of hydrogen-bond acceptors (Lipinski definition) is 2. The van der Waals surface area contributed by atoms with Crippen molar-refractivity contribution < 1.29 is 17.6 Å². The number of aromatic nitrogens is 4. The quantitative estimate of drug-likeness (QED) is 0.229. The van der Waals surface area contributed by atoms with E-state index in [9.17, 15) is 4.39 Å². The smallest absolute Gasteiger partial charge is 0.257 e. The van der Waals surface area contributed by atoms with Crippen molar-refractivity contribution in [1.29, 1.82) is 0 Å². The number of fused-ring (bicyclic) bond motifs is 10. The maximum Gasteiger partial charge on any atom is 0.257 e. The first-order chi connectivity index (χ1) is 16.0. The van der Waals surface area contributed by atoms with Gasteiger partial charge in [0.1, 0.15) is 34.9 Å². The molecule has 0 unspecified atom stereocenters. The maximum atomic E-state index is 15.4. The predicted octanol–water partition coefficient (Wildman–Crippen LogP) is 6.54. The van der Waals surface area contributed by atoms with Crippen molar-refractivity contribution in [3.63, 3.8) is 0 Å². The van der Waals surface area contributed by atoms with Crippen molar-refractivity contribution in [2.24, 2.45) is 0 Å². The summed E-state index contributed by atoms with van der Waals surface area (Å²) in [7, 11) is 0. The highest BCUT2D eigenvalue weighted by Crippen LogP contribution is 2.43. The lowest BCUT2D eigenvalue weighted by molar-refractivity contribution is 0.505. The van der Waals surface area contributed by atoms with E-state index in [0.29, 0.717) is 11.4 Å². The van der Waals surface area contributed by atoms with E-state index in [-0.39, 0.29) is 33.9 Å². The van der Waals surface area contributed by atoms with E-state index in [1.807, 2.05) is 13.8 Å². The highest BCUT2D eigenvalue weighted by molar-refractivity contribution is 5.70. The van der Waals surface area contributed by atoms with Crippen molar-refractivity contribution >= 4 is 5.69 Å². The van der Waals surface area contributed by atoms with E-state index >= 15 is 13.2 Å². The van der Waals surface area contributed by atoms with Crippen LogP contribution in [0.15, 0.2) is 30.6 Å². The summed E-state index contributed by atoms with van der Waals surface area (Å²) in [5, 5.41) is 0. The molecule has 172 valence electrons. The Hall–Kier alpha value is -3.93. The standard InChI is InChI=1S/C25H19F4N5/c1-24(2)13-6-11(15(26)8-16(13)27)22-31-9-17(33-22)25(3,4)18-10-32-23(34-18)12-7-14(24)20(29)21(30-5)19(12)28/h6-10H,1-4H3,(H,31,33)(H,32,34). The minimum Gasteiger partial charge on any atom is -0.341 e. The first-order valence-electron chi connectivity index (χ1n) is 10.5. The molecule has 2 N–H and O–H groups in total. The van der Waals surface area contributed by atoms with Crippen molar-refractivity contribution in [2.75, 3.05) is 0 Å². The summed E-state index contributed by atoms with van der Waals surface area (Å²) in [6, 6.07) is 3.23. The van der Waals surface area contributed by atoms with Crippen LogP contribution in [0.25, 0.3) is 27.6 Å². The summed E-state index contributed by atoms with van der Waals surface area (Å²) in [5.41, 5.74) is -2.05. The molecule has 0 aliphatic carbocycles. The second kappa shape index (κ2) is 7.03.